The fourth-order valence-electron chi connectivity index (χ4n) is 0.941. The Balaban J connectivity index is 3.58. The number of methoxy groups -OCH3 is 1. The Morgan fingerprint density at radius 2 is 1.92 bits per heavy atom. The van der Waals surface area contributed by atoms with Gasteiger partial charge in [0.15, 0.2) is 0 Å². The molecule has 0 N–H and O–H groups in total. The average molecular weight is 206 g/mol. The molecule has 0 saturated heterocycles. The minimum atomic E-state index is -0.269. The molecule has 0 heterocycles. The maximum absolute atomic E-state index is 5.75. The third-order valence-electron chi connectivity index (χ3n) is 2.14. The van der Waals surface area contributed by atoms with Gasteiger partial charge in [0.1, 0.15) is 0 Å². The smallest absolute Gasteiger partial charge is 0.0808 e. The molecule has 0 aliphatic heterocycles. The SMILES string of the molecule is CCCC(COP(C)C(C)C)OC. The van der Waals surface area contributed by atoms with Gasteiger partial charge in [-0.05, 0) is 18.7 Å². The van der Waals surface area contributed by atoms with Crippen LogP contribution in [-0.2, 0) is 9.26 Å². The standard InChI is InChI=1S/C10H23O2P/c1-6-7-10(11-4)8-12-13(5)9(2)3/h9-10H,6-8H2,1-5H3. The lowest BCUT2D eigenvalue weighted by atomic mass is 10.2. The number of rotatable bonds is 7. The van der Waals surface area contributed by atoms with Crippen molar-refractivity contribution in [3.05, 3.63) is 0 Å². The Bertz CT molecular complexity index is 117. The molecule has 80 valence electrons. The van der Waals surface area contributed by atoms with Crippen LogP contribution in [0, 0.1) is 0 Å². The van der Waals surface area contributed by atoms with E-state index in [0.29, 0.717) is 5.66 Å². The highest BCUT2D eigenvalue weighted by molar-refractivity contribution is 7.52. The molecule has 0 rings (SSSR count). The summed E-state index contributed by atoms with van der Waals surface area (Å²) < 4.78 is 11.1. The fraction of sp³-hybridized carbons (Fsp3) is 1.00. The quantitative estimate of drug-likeness (QED) is 0.595. The topological polar surface area (TPSA) is 18.5 Å². The van der Waals surface area contributed by atoms with Gasteiger partial charge in [-0.1, -0.05) is 27.2 Å². The van der Waals surface area contributed by atoms with E-state index < -0.39 is 0 Å². The fourth-order valence-corrected chi connectivity index (χ4v) is 1.64. The maximum Gasteiger partial charge on any atom is 0.0808 e. The highest BCUT2D eigenvalue weighted by Crippen LogP contribution is 2.37. The lowest BCUT2D eigenvalue weighted by Gasteiger charge is -2.20. The van der Waals surface area contributed by atoms with Crippen molar-refractivity contribution < 1.29 is 9.26 Å². The molecule has 0 radical (unpaired) electrons. The Kier molecular flexibility index (Phi) is 7.93. The van der Waals surface area contributed by atoms with Gasteiger partial charge in [-0.2, -0.15) is 0 Å². The van der Waals surface area contributed by atoms with Gasteiger partial charge in [0.05, 0.1) is 12.7 Å². The van der Waals surface area contributed by atoms with Gasteiger partial charge in [-0.3, -0.25) is 0 Å². The van der Waals surface area contributed by atoms with Crippen LogP contribution in [0.5, 0.6) is 0 Å². The highest BCUT2D eigenvalue weighted by Gasteiger charge is 2.11. The van der Waals surface area contributed by atoms with Crippen LogP contribution in [0.1, 0.15) is 33.6 Å². The molecule has 13 heavy (non-hydrogen) atoms. The van der Waals surface area contributed by atoms with Gasteiger partial charge in [0, 0.05) is 15.3 Å². The summed E-state index contributed by atoms with van der Waals surface area (Å²) in [5, 5.41) is 0. The Morgan fingerprint density at radius 3 is 2.31 bits per heavy atom. The summed E-state index contributed by atoms with van der Waals surface area (Å²) in [6.07, 6.45) is 2.54. The Labute approximate surface area is 83.8 Å². The molecular weight excluding hydrogens is 183 g/mol. The summed E-state index contributed by atoms with van der Waals surface area (Å²) in [7, 11) is 1.49. The van der Waals surface area contributed by atoms with E-state index in [1.165, 1.54) is 0 Å². The van der Waals surface area contributed by atoms with Crippen LogP contribution >= 0.6 is 8.15 Å². The first-order valence-corrected chi connectivity index (χ1v) is 6.77. The van der Waals surface area contributed by atoms with Crippen molar-refractivity contribution in [1.82, 2.24) is 0 Å². The van der Waals surface area contributed by atoms with Gasteiger partial charge in [-0.15, -0.1) is 0 Å². The first-order valence-electron chi connectivity index (χ1n) is 5.00. The van der Waals surface area contributed by atoms with E-state index in [2.05, 4.69) is 27.4 Å². The van der Waals surface area contributed by atoms with Crippen molar-refractivity contribution >= 4 is 8.15 Å². The number of hydrogen-bond donors (Lipinski definition) is 0. The highest BCUT2D eigenvalue weighted by atomic mass is 31.1. The normalized spacial score (nSPS) is 16.2. The molecule has 0 amide bonds. The first kappa shape index (κ1) is 13.4. The zero-order chi connectivity index (χ0) is 10.3. The van der Waals surface area contributed by atoms with Crippen LogP contribution in [0.4, 0.5) is 0 Å². The molecular formula is C10H23O2P. The summed E-state index contributed by atoms with van der Waals surface area (Å²) in [6, 6.07) is 0. The molecule has 0 spiro atoms. The number of hydrogen-bond acceptors (Lipinski definition) is 2. The van der Waals surface area contributed by atoms with Crippen molar-refractivity contribution in [3.63, 3.8) is 0 Å². The van der Waals surface area contributed by atoms with Crippen LogP contribution < -0.4 is 0 Å². The van der Waals surface area contributed by atoms with E-state index >= 15 is 0 Å². The molecule has 0 bridgehead atoms. The molecule has 2 atom stereocenters. The Morgan fingerprint density at radius 1 is 1.31 bits per heavy atom. The summed E-state index contributed by atoms with van der Waals surface area (Å²) >= 11 is 0. The molecule has 0 aromatic heterocycles. The first-order chi connectivity index (χ1) is 6.11. The zero-order valence-electron chi connectivity index (χ0n) is 9.54. The summed E-state index contributed by atoms with van der Waals surface area (Å²) in [5.41, 5.74) is 0.647. The third kappa shape index (κ3) is 6.42. The van der Waals surface area contributed by atoms with Crippen LogP contribution in [-0.4, -0.2) is 32.1 Å². The van der Waals surface area contributed by atoms with Gasteiger partial charge < -0.3 is 9.26 Å². The predicted molar refractivity (Wildman–Crippen MR) is 59.6 cm³/mol. The predicted octanol–water partition coefficient (Wildman–Crippen LogP) is 3.25. The molecule has 0 aromatic rings. The lowest BCUT2D eigenvalue weighted by Crippen LogP contribution is -2.17. The van der Waals surface area contributed by atoms with E-state index in [9.17, 15) is 0 Å². The van der Waals surface area contributed by atoms with Crippen molar-refractivity contribution in [1.29, 1.82) is 0 Å². The van der Waals surface area contributed by atoms with Crippen molar-refractivity contribution in [2.24, 2.45) is 0 Å². The second-order valence-corrected chi connectivity index (χ2v) is 5.97. The van der Waals surface area contributed by atoms with Gasteiger partial charge in [0.2, 0.25) is 0 Å². The van der Waals surface area contributed by atoms with Gasteiger partial charge in [0.25, 0.3) is 0 Å². The van der Waals surface area contributed by atoms with Crippen LogP contribution in [0.25, 0.3) is 0 Å². The van der Waals surface area contributed by atoms with E-state index in [1.54, 1.807) is 7.11 Å². The molecule has 2 nitrogen and oxygen atoms in total. The van der Waals surface area contributed by atoms with Crippen LogP contribution in [0.15, 0.2) is 0 Å². The second-order valence-electron chi connectivity index (χ2n) is 3.58. The molecule has 0 fully saturated rings. The van der Waals surface area contributed by atoms with E-state index in [-0.39, 0.29) is 14.3 Å². The van der Waals surface area contributed by atoms with Crippen molar-refractivity contribution in [2.75, 3.05) is 20.4 Å². The maximum atomic E-state index is 5.75. The Hall–Kier alpha value is 0.350. The molecule has 2 unspecified atom stereocenters. The van der Waals surface area contributed by atoms with E-state index in [0.717, 1.165) is 19.4 Å². The van der Waals surface area contributed by atoms with Crippen LogP contribution in [0.2, 0.25) is 0 Å². The largest absolute Gasteiger partial charge is 0.379 e. The van der Waals surface area contributed by atoms with Crippen molar-refractivity contribution in [3.8, 4) is 0 Å². The van der Waals surface area contributed by atoms with Gasteiger partial charge in [-0.25, -0.2) is 0 Å². The minimum Gasteiger partial charge on any atom is -0.379 e. The monoisotopic (exact) mass is 206 g/mol. The average Bonchev–Trinajstić information content (AvgIpc) is 2.11. The third-order valence-corrected chi connectivity index (χ3v) is 4.15. The molecule has 3 heteroatoms. The molecule has 0 aromatic carbocycles. The number of ether oxygens (including phenoxy) is 1. The van der Waals surface area contributed by atoms with Gasteiger partial charge >= 0.3 is 0 Å². The second kappa shape index (κ2) is 7.73. The summed E-state index contributed by atoms with van der Waals surface area (Å²) in [6.45, 7) is 9.51. The summed E-state index contributed by atoms with van der Waals surface area (Å²) in [5.74, 6) is 0. The minimum absolute atomic E-state index is 0.269. The summed E-state index contributed by atoms with van der Waals surface area (Å²) in [4.78, 5) is 0. The molecule has 0 saturated carbocycles. The van der Waals surface area contributed by atoms with Crippen molar-refractivity contribution in [2.45, 2.75) is 45.4 Å². The molecule has 0 aliphatic rings. The molecule has 0 aliphatic carbocycles. The van der Waals surface area contributed by atoms with E-state index in [1.807, 2.05) is 0 Å². The zero-order valence-corrected chi connectivity index (χ0v) is 10.4. The van der Waals surface area contributed by atoms with Crippen LogP contribution in [0.3, 0.4) is 0 Å². The van der Waals surface area contributed by atoms with E-state index in [4.69, 9.17) is 9.26 Å². The lowest BCUT2D eigenvalue weighted by molar-refractivity contribution is 0.0554.